The molecule has 0 radical (unpaired) electrons. The van der Waals surface area contributed by atoms with E-state index in [-0.39, 0.29) is 0 Å². The lowest BCUT2D eigenvalue weighted by Gasteiger charge is -2.00. The molecule has 0 unspecified atom stereocenters. The van der Waals surface area contributed by atoms with Crippen molar-refractivity contribution in [2.24, 2.45) is 0 Å². The number of hydrogen-bond donors (Lipinski definition) is 1. The van der Waals surface area contributed by atoms with E-state index in [2.05, 4.69) is 32.0 Å². The van der Waals surface area contributed by atoms with Crippen LogP contribution in [0.5, 0.6) is 0 Å². The standard InChI is InChI=1S/C16H9BrClN3/c17-12-1-2-16-13(6-12)14(9-21-16)10(7-19)5-11-8-20-4-3-15(11)18/h1-6,8-9,21H/b10-5+. The van der Waals surface area contributed by atoms with Gasteiger partial charge in [-0.2, -0.15) is 5.26 Å². The number of nitriles is 1. The summed E-state index contributed by atoms with van der Waals surface area (Å²) in [6.07, 6.45) is 6.84. The Hall–Kier alpha value is -2.09. The highest BCUT2D eigenvalue weighted by molar-refractivity contribution is 9.10. The molecule has 0 aliphatic rings. The molecule has 5 heteroatoms. The van der Waals surface area contributed by atoms with Crippen LogP contribution in [0.1, 0.15) is 11.1 Å². The zero-order valence-corrected chi connectivity index (χ0v) is 13.1. The fourth-order valence-corrected chi connectivity index (χ4v) is 2.66. The summed E-state index contributed by atoms with van der Waals surface area (Å²) in [6, 6.07) is 9.84. The Labute approximate surface area is 135 Å². The number of rotatable bonds is 2. The molecule has 0 bridgehead atoms. The molecule has 1 N–H and O–H groups in total. The number of halogens is 2. The Morgan fingerprint density at radius 3 is 3.00 bits per heavy atom. The largest absolute Gasteiger partial charge is 0.361 e. The summed E-state index contributed by atoms with van der Waals surface area (Å²) in [5.41, 5.74) is 3.08. The van der Waals surface area contributed by atoms with E-state index in [4.69, 9.17) is 11.6 Å². The van der Waals surface area contributed by atoms with Gasteiger partial charge in [-0.25, -0.2) is 0 Å². The number of allylic oxidation sites excluding steroid dienone is 1. The van der Waals surface area contributed by atoms with Gasteiger partial charge in [0.15, 0.2) is 0 Å². The smallest absolute Gasteiger partial charge is 0.0998 e. The van der Waals surface area contributed by atoms with E-state index in [1.165, 1.54) is 0 Å². The summed E-state index contributed by atoms with van der Waals surface area (Å²) >= 11 is 9.57. The second-order valence-corrected chi connectivity index (χ2v) is 5.78. The zero-order chi connectivity index (χ0) is 14.8. The molecule has 3 nitrogen and oxygen atoms in total. The summed E-state index contributed by atoms with van der Waals surface area (Å²) in [5, 5.41) is 11.0. The van der Waals surface area contributed by atoms with Gasteiger partial charge in [-0.3, -0.25) is 4.98 Å². The number of nitrogens with one attached hydrogen (secondary N) is 1. The van der Waals surface area contributed by atoms with Crippen LogP contribution in [0.15, 0.2) is 47.3 Å². The summed E-state index contributed by atoms with van der Waals surface area (Å²) in [6.45, 7) is 0. The number of H-pyrrole nitrogens is 1. The summed E-state index contributed by atoms with van der Waals surface area (Å²) in [4.78, 5) is 7.21. The number of pyridine rings is 1. The maximum absolute atomic E-state index is 9.47. The van der Waals surface area contributed by atoms with Crippen LogP contribution in [0.25, 0.3) is 22.6 Å². The lowest BCUT2D eigenvalue weighted by molar-refractivity contribution is 1.32. The van der Waals surface area contributed by atoms with Crippen LogP contribution in [-0.2, 0) is 0 Å². The fraction of sp³-hybridized carbons (Fsp3) is 0. The monoisotopic (exact) mass is 357 g/mol. The average Bonchev–Trinajstić information content (AvgIpc) is 2.89. The van der Waals surface area contributed by atoms with E-state index in [0.29, 0.717) is 10.6 Å². The van der Waals surface area contributed by atoms with Gasteiger partial charge in [0, 0.05) is 45.1 Å². The molecule has 0 fully saturated rings. The lowest BCUT2D eigenvalue weighted by Crippen LogP contribution is -1.83. The van der Waals surface area contributed by atoms with Crippen LogP contribution in [0, 0.1) is 11.3 Å². The van der Waals surface area contributed by atoms with Gasteiger partial charge in [0.25, 0.3) is 0 Å². The molecule has 0 atom stereocenters. The van der Waals surface area contributed by atoms with E-state index in [0.717, 1.165) is 26.5 Å². The molecule has 21 heavy (non-hydrogen) atoms. The minimum Gasteiger partial charge on any atom is -0.361 e. The van der Waals surface area contributed by atoms with E-state index >= 15 is 0 Å². The molecule has 2 aromatic heterocycles. The highest BCUT2D eigenvalue weighted by Gasteiger charge is 2.10. The predicted molar refractivity (Wildman–Crippen MR) is 88.7 cm³/mol. The molecule has 0 saturated heterocycles. The summed E-state index contributed by atoms with van der Waals surface area (Å²) in [7, 11) is 0. The third-order valence-corrected chi connectivity index (χ3v) is 3.99. The van der Waals surface area contributed by atoms with Gasteiger partial charge in [0.1, 0.15) is 0 Å². The van der Waals surface area contributed by atoms with Crippen molar-refractivity contribution in [3.8, 4) is 6.07 Å². The van der Waals surface area contributed by atoms with Crippen LogP contribution in [0.2, 0.25) is 5.02 Å². The van der Waals surface area contributed by atoms with Crippen molar-refractivity contribution >= 4 is 50.1 Å². The Morgan fingerprint density at radius 2 is 2.24 bits per heavy atom. The molecule has 0 aliphatic carbocycles. The Balaban J connectivity index is 2.18. The first kappa shape index (κ1) is 13.9. The SMILES string of the molecule is N#C/C(=C\c1cnccc1Cl)c1c[nH]c2ccc(Br)cc12. The first-order valence-corrected chi connectivity index (χ1v) is 7.34. The van der Waals surface area contributed by atoms with E-state index in [1.807, 2.05) is 24.4 Å². The highest BCUT2D eigenvalue weighted by Crippen LogP contribution is 2.29. The van der Waals surface area contributed by atoms with Crippen molar-refractivity contribution in [1.82, 2.24) is 9.97 Å². The van der Waals surface area contributed by atoms with E-state index < -0.39 is 0 Å². The van der Waals surface area contributed by atoms with Crippen molar-refractivity contribution in [3.63, 3.8) is 0 Å². The van der Waals surface area contributed by atoms with Crippen molar-refractivity contribution < 1.29 is 0 Å². The first-order valence-electron chi connectivity index (χ1n) is 6.17. The first-order chi connectivity index (χ1) is 10.2. The van der Waals surface area contributed by atoms with Gasteiger partial charge >= 0.3 is 0 Å². The molecular weight excluding hydrogens is 350 g/mol. The molecule has 2 heterocycles. The van der Waals surface area contributed by atoms with Gasteiger partial charge < -0.3 is 4.98 Å². The normalized spacial score (nSPS) is 11.6. The maximum Gasteiger partial charge on any atom is 0.0998 e. The average molecular weight is 359 g/mol. The van der Waals surface area contributed by atoms with Gasteiger partial charge in [-0.1, -0.05) is 27.5 Å². The van der Waals surface area contributed by atoms with E-state index in [1.54, 1.807) is 24.5 Å². The second-order valence-electron chi connectivity index (χ2n) is 4.46. The second kappa shape index (κ2) is 5.72. The van der Waals surface area contributed by atoms with Crippen molar-refractivity contribution in [3.05, 3.63) is 63.5 Å². The van der Waals surface area contributed by atoms with Crippen molar-refractivity contribution in [2.75, 3.05) is 0 Å². The van der Waals surface area contributed by atoms with Crippen LogP contribution in [0.4, 0.5) is 0 Å². The van der Waals surface area contributed by atoms with Crippen LogP contribution >= 0.6 is 27.5 Å². The number of nitrogens with zero attached hydrogens (tertiary/aromatic N) is 2. The minimum absolute atomic E-state index is 0.536. The predicted octanol–water partition coefficient (Wildman–Crippen LogP) is 5.04. The third kappa shape index (κ3) is 2.71. The Bertz CT molecular complexity index is 890. The zero-order valence-electron chi connectivity index (χ0n) is 10.8. The molecule has 3 rings (SSSR count). The molecule has 0 saturated carbocycles. The minimum atomic E-state index is 0.536. The number of fused-ring (bicyclic) bond motifs is 1. The number of benzene rings is 1. The summed E-state index contributed by atoms with van der Waals surface area (Å²) < 4.78 is 0.965. The van der Waals surface area contributed by atoms with Crippen LogP contribution in [0.3, 0.4) is 0 Å². The van der Waals surface area contributed by atoms with Crippen LogP contribution in [-0.4, -0.2) is 9.97 Å². The van der Waals surface area contributed by atoms with Gasteiger partial charge in [0.05, 0.1) is 16.7 Å². The number of hydrogen-bond acceptors (Lipinski definition) is 2. The molecule has 3 aromatic rings. The van der Waals surface area contributed by atoms with Crippen molar-refractivity contribution in [1.29, 1.82) is 5.26 Å². The number of aromatic amines is 1. The molecule has 0 aliphatic heterocycles. The summed E-state index contributed by atoms with van der Waals surface area (Å²) in [5.74, 6) is 0. The number of aromatic nitrogens is 2. The third-order valence-electron chi connectivity index (χ3n) is 3.15. The maximum atomic E-state index is 9.47. The highest BCUT2D eigenvalue weighted by atomic mass is 79.9. The fourth-order valence-electron chi connectivity index (χ4n) is 2.14. The van der Waals surface area contributed by atoms with Gasteiger partial charge in [0.2, 0.25) is 0 Å². The molecular formula is C16H9BrClN3. The van der Waals surface area contributed by atoms with E-state index in [9.17, 15) is 5.26 Å². The lowest BCUT2D eigenvalue weighted by atomic mass is 10.0. The molecule has 102 valence electrons. The van der Waals surface area contributed by atoms with Gasteiger partial charge in [-0.05, 0) is 30.3 Å². The quantitative estimate of drug-likeness (QED) is 0.652. The molecule has 0 amide bonds. The molecule has 0 spiro atoms. The van der Waals surface area contributed by atoms with Crippen LogP contribution < -0.4 is 0 Å². The Kier molecular flexibility index (Phi) is 3.78. The van der Waals surface area contributed by atoms with Gasteiger partial charge in [-0.15, -0.1) is 0 Å². The topological polar surface area (TPSA) is 52.5 Å². The van der Waals surface area contributed by atoms with Crippen molar-refractivity contribution in [2.45, 2.75) is 0 Å². The molecule has 1 aromatic carbocycles. The Morgan fingerprint density at radius 1 is 1.38 bits per heavy atom.